The number of rotatable bonds is 4. The Kier molecular flexibility index (Phi) is 5.41. The number of nitrogens with one attached hydrogen (secondary N) is 1. The minimum Gasteiger partial charge on any atom is -0.311 e. The molecule has 96 valence electrons. The van der Waals surface area contributed by atoms with Gasteiger partial charge in [0.1, 0.15) is 0 Å². The van der Waals surface area contributed by atoms with Crippen LogP contribution in [0.25, 0.3) is 0 Å². The van der Waals surface area contributed by atoms with Crippen LogP contribution in [-0.4, -0.2) is 51.8 Å². The lowest BCUT2D eigenvalue weighted by atomic mass is 10.1. The molecular weight excluding hydrogens is 220 g/mol. The van der Waals surface area contributed by atoms with E-state index in [-0.39, 0.29) is 5.54 Å². The zero-order valence-corrected chi connectivity index (χ0v) is 11.9. The first kappa shape index (κ1) is 14.1. The molecule has 3 nitrogen and oxygen atoms in total. The fourth-order valence-electron chi connectivity index (χ4n) is 1.97. The van der Waals surface area contributed by atoms with Gasteiger partial charge < -0.3 is 5.32 Å². The summed E-state index contributed by atoms with van der Waals surface area (Å²) in [5, 5.41) is 3.56. The first-order chi connectivity index (χ1) is 7.42. The molecule has 1 rings (SSSR count). The molecule has 1 saturated heterocycles. The molecule has 0 spiro atoms. The second-order valence-corrected chi connectivity index (χ2v) is 7.27. The summed E-state index contributed by atoms with van der Waals surface area (Å²) in [4.78, 5) is 2.49. The number of hydrogen-bond acceptors (Lipinski definition) is 3. The second kappa shape index (κ2) is 6.12. The summed E-state index contributed by atoms with van der Waals surface area (Å²) in [5.74, 6) is 1.71. The van der Waals surface area contributed by atoms with Crippen LogP contribution in [0.1, 0.15) is 34.1 Å². The molecule has 0 aliphatic carbocycles. The topological polar surface area (TPSA) is 32.3 Å². The van der Waals surface area contributed by atoms with Crippen LogP contribution >= 0.6 is 0 Å². The molecule has 1 fully saturated rings. The van der Waals surface area contributed by atoms with Crippen LogP contribution in [0.15, 0.2) is 0 Å². The molecule has 0 bridgehead atoms. The zero-order valence-electron chi connectivity index (χ0n) is 11.1. The van der Waals surface area contributed by atoms with Gasteiger partial charge in [-0.1, -0.05) is 6.92 Å². The highest BCUT2D eigenvalue weighted by atomic mass is 32.2. The third-order valence-electron chi connectivity index (χ3n) is 3.07. The van der Waals surface area contributed by atoms with Gasteiger partial charge in [-0.15, -0.1) is 0 Å². The molecule has 1 N–H and O–H groups in total. The lowest BCUT2D eigenvalue weighted by Gasteiger charge is -2.35. The average molecular weight is 246 g/mol. The third kappa shape index (κ3) is 4.93. The van der Waals surface area contributed by atoms with E-state index in [1.807, 2.05) is 0 Å². The van der Waals surface area contributed by atoms with Crippen LogP contribution in [0.4, 0.5) is 0 Å². The van der Waals surface area contributed by atoms with Gasteiger partial charge in [-0.05, 0) is 27.2 Å². The maximum atomic E-state index is 11.3. The van der Waals surface area contributed by atoms with Crippen LogP contribution in [0.3, 0.4) is 0 Å². The van der Waals surface area contributed by atoms with Gasteiger partial charge in [-0.25, -0.2) is 0 Å². The lowest BCUT2D eigenvalue weighted by molar-refractivity contribution is 0.192. The smallest absolute Gasteiger partial charge is 0.0363 e. The fraction of sp³-hybridized carbons (Fsp3) is 1.00. The summed E-state index contributed by atoms with van der Waals surface area (Å²) < 4.78 is 11.3. The largest absolute Gasteiger partial charge is 0.311 e. The summed E-state index contributed by atoms with van der Waals surface area (Å²) in [6.07, 6.45) is 1.16. The van der Waals surface area contributed by atoms with Gasteiger partial charge in [0.05, 0.1) is 0 Å². The van der Waals surface area contributed by atoms with Gasteiger partial charge in [-0.2, -0.15) is 0 Å². The van der Waals surface area contributed by atoms with Crippen molar-refractivity contribution in [3.8, 4) is 0 Å². The van der Waals surface area contributed by atoms with Crippen molar-refractivity contribution in [3.05, 3.63) is 0 Å². The lowest BCUT2D eigenvalue weighted by Crippen LogP contribution is -2.51. The molecule has 1 unspecified atom stereocenters. The first-order valence-electron chi connectivity index (χ1n) is 6.26. The minimum atomic E-state index is -0.563. The summed E-state index contributed by atoms with van der Waals surface area (Å²) in [6.45, 7) is 11.9. The fourth-order valence-corrected chi connectivity index (χ4v) is 3.05. The van der Waals surface area contributed by atoms with Crippen LogP contribution in [-0.2, 0) is 10.8 Å². The molecule has 0 aromatic rings. The maximum Gasteiger partial charge on any atom is 0.0363 e. The van der Waals surface area contributed by atoms with Crippen molar-refractivity contribution in [1.29, 1.82) is 0 Å². The van der Waals surface area contributed by atoms with Gasteiger partial charge in [0.25, 0.3) is 0 Å². The van der Waals surface area contributed by atoms with Crippen molar-refractivity contribution in [2.75, 3.05) is 31.1 Å². The Bertz CT molecular complexity index is 228. The molecule has 0 aromatic carbocycles. The molecule has 0 amide bonds. The molecule has 0 aromatic heterocycles. The van der Waals surface area contributed by atoms with Crippen LogP contribution < -0.4 is 5.32 Å². The van der Waals surface area contributed by atoms with E-state index < -0.39 is 10.8 Å². The molecule has 16 heavy (non-hydrogen) atoms. The normalized spacial score (nSPS) is 22.2. The van der Waals surface area contributed by atoms with E-state index in [9.17, 15) is 4.21 Å². The van der Waals surface area contributed by atoms with Gasteiger partial charge in [0.15, 0.2) is 0 Å². The highest BCUT2D eigenvalue weighted by Crippen LogP contribution is 2.09. The zero-order chi connectivity index (χ0) is 12.2. The third-order valence-corrected chi connectivity index (χ3v) is 4.34. The molecule has 1 atom stereocenters. The standard InChI is InChI=1S/C12H26N2OS/c1-5-11(10-13-12(2,3)4)14-6-8-16(15)9-7-14/h11,13H,5-10H2,1-4H3. The SMILES string of the molecule is CCC(CNC(C)(C)C)N1CCS(=O)CC1. The predicted molar refractivity (Wildman–Crippen MR) is 71.3 cm³/mol. The van der Waals surface area contributed by atoms with E-state index >= 15 is 0 Å². The molecular formula is C12H26N2OS. The number of nitrogens with zero attached hydrogens (tertiary/aromatic N) is 1. The van der Waals surface area contributed by atoms with Crippen molar-refractivity contribution in [2.24, 2.45) is 0 Å². The van der Waals surface area contributed by atoms with Crippen LogP contribution in [0, 0.1) is 0 Å². The highest BCUT2D eigenvalue weighted by Gasteiger charge is 2.22. The summed E-state index contributed by atoms with van der Waals surface area (Å²) in [5.41, 5.74) is 0.187. The van der Waals surface area contributed by atoms with Crippen molar-refractivity contribution in [3.63, 3.8) is 0 Å². The van der Waals surface area contributed by atoms with Gasteiger partial charge in [0, 0.05) is 53.5 Å². The average Bonchev–Trinajstić information content (AvgIpc) is 2.20. The Morgan fingerprint density at radius 1 is 1.31 bits per heavy atom. The summed E-state index contributed by atoms with van der Waals surface area (Å²) >= 11 is 0. The van der Waals surface area contributed by atoms with Crippen molar-refractivity contribution in [1.82, 2.24) is 10.2 Å². The van der Waals surface area contributed by atoms with E-state index in [1.165, 1.54) is 0 Å². The molecule has 1 heterocycles. The van der Waals surface area contributed by atoms with E-state index in [0.29, 0.717) is 6.04 Å². The van der Waals surface area contributed by atoms with Crippen molar-refractivity contribution in [2.45, 2.75) is 45.7 Å². The molecule has 4 heteroatoms. The maximum absolute atomic E-state index is 11.3. The quantitative estimate of drug-likeness (QED) is 0.809. The second-order valence-electron chi connectivity index (χ2n) is 5.58. The summed E-state index contributed by atoms with van der Waals surface area (Å²) in [7, 11) is -0.563. The van der Waals surface area contributed by atoms with E-state index in [4.69, 9.17) is 0 Å². The Labute approximate surface area is 102 Å². The first-order valence-corrected chi connectivity index (χ1v) is 7.75. The Hall–Kier alpha value is 0.0700. The van der Waals surface area contributed by atoms with Crippen LogP contribution in [0.2, 0.25) is 0 Å². The minimum absolute atomic E-state index is 0.187. The highest BCUT2D eigenvalue weighted by molar-refractivity contribution is 7.85. The monoisotopic (exact) mass is 246 g/mol. The Morgan fingerprint density at radius 3 is 2.31 bits per heavy atom. The van der Waals surface area contributed by atoms with E-state index in [2.05, 4.69) is 37.9 Å². The van der Waals surface area contributed by atoms with Crippen molar-refractivity contribution >= 4 is 10.8 Å². The molecule has 0 radical (unpaired) electrons. The summed E-state index contributed by atoms with van der Waals surface area (Å²) in [6, 6.07) is 0.594. The Balaban J connectivity index is 2.39. The van der Waals surface area contributed by atoms with Gasteiger partial charge >= 0.3 is 0 Å². The molecule has 0 saturated carbocycles. The molecule has 1 aliphatic heterocycles. The van der Waals surface area contributed by atoms with Gasteiger partial charge in [0.2, 0.25) is 0 Å². The van der Waals surface area contributed by atoms with E-state index in [0.717, 1.165) is 37.6 Å². The molecule has 1 aliphatic rings. The van der Waals surface area contributed by atoms with Crippen molar-refractivity contribution < 1.29 is 4.21 Å². The van der Waals surface area contributed by atoms with Crippen LogP contribution in [0.5, 0.6) is 0 Å². The van der Waals surface area contributed by atoms with Gasteiger partial charge in [-0.3, -0.25) is 9.11 Å². The Morgan fingerprint density at radius 2 is 1.88 bits per heavy atom. The number of hydrogen-bond donors (Lipinski definition) is 1. The van der Waals surface area contributed by atoms with E-state index in [1.54, 1.807) is 0 Å². The predicted octanol–water partition coefficient (Wildman–Crippen LogP) is 1.22.